The molecule has 1 aromatic rings. The zero-order valence-corrected chi connectivity index (χ0v) is 10.7. The van der Waals surface area contributed by atoms with Crippen LogP contribution < -0.4 is 11.1 Å². The first kappa shape index (κ1) is 12.5. The Morgan fingerprint density at radius 2 is 2.00 bits per heavy atom. The summed E-state index contributed by atoms with van der Waals surface area (Å²) in [5, 5.41) is 2.79. The molecule has 1 heterocycles. The van der Waals surface area contributed by atoms with E-state index < -0.39 is 5.54 Å². The number of nitrogens with two attached hydrogens (primary N) is 1. The highest BCUT2D eigenvalue weighted by molar-refractivity contribution is 6.38. The van der Waals surface area contributed by atoms with Gasteiger partial charge in [0.15, 0.2) is 10.3 Å². The van der Waals surface area contributed by atoms with Crippen molar-refractivity contribution in [2.75, 3.05) is 5.32 Å². The van der Waals surface area contributed by atoms with E-state index in [0.717, 1.165) is 12.8 Å². The van der Waals surface area contributed by atoms with Crippen molar-refractivity contribution in [1.82, 2.24) is 9.97 Å². The van der Waals surface area contributed by atoms with E-state index >= 15 is 0 Å². The number of carbonyl (C=O) groups is 1. The van der Waals surface area contributed by atoms with E-state index in [1.807, 2.05) is 0 Å². The van der Waals surface area contributed by atoms with Crippen molar-refractivity contribution < 1.29 is 4.79 Å². The van der Waals surface area contributed by atoms with Crippen LogP contribution in [0, 0.1) is 5.92 Å². The minimum atomic E-state index is -0.914. The molecule has 1 saturated carbocycles. The summed E-state index contributed by atoms with van der Waals surface area (Å²) in [5.41, 5.74) is 5.27. The van der Waals surface area contributed by atoms with Gasteiger partial charge in [-0.05, 0) is 25.7 Å². The van der Waals surface area contributed by atoms with Gasteiger partial charge in [-0.15, -0.1) is 0 Å². The average Bonchev–Trinajstić information content (AvgIpc) is 3.07. The summed E-state index contributed by atoms with van der Waals surface area (Å²) in [6.07, 6.45) is 3.16. The number of nitrogens with one attached hydrogen (secondary N) is 1. The van der Waals surface area contributed by atoms with Crippen LogP contribution in [0.4, 0.5) is 5.69 Å². The Morgan fingerprint density at radius 1 is 1.47 bits per heavy atom. The van der Waals surface area contributed by atoms with Crippen LogP contribution in [0.1, 0.15) is 19.8 Å². The van der Waals surface area contributed by atoms with Crippen LogP contribution in [0.5, 0.6) is 0 Å². The summed E-state index contributed by atoms with van der Waals surface area (Å²) in [5.74, 6) is -0.108. The smallest absolute Gasteiger partial charge is 0.244 e. The van der Waals surface area contributed by atoms with Crippen LogP contribution >= 0.6 is 23.2 Å². The number of halogens is 2. The number of carbonyl (C=O) groups excluding carboxylic acids is 1. The molecule has 0 aliphatic heterocycles. The summed E-state index contributed by atoms with van der Waals surface area (Å²) in [6.45, 7) is 1.70. The first-order valence-corrected chi connectivity index (χ1v) is 5.95. The maximum absolute atomic E-state index is 12.0. The third-order valence-corrected chi connectivity index (χ3v) is 3.48. The third-order valence-electron chi connectivity index (χ3n) is 2.91. The molecule has 3 N–H and O–H groups in total. The van der Waals surface area contributed by atoms with Gasteiger partial charge in [0.2, 0.25) is 5.91 Å². The zero-order chi connectivity index (χ0) is 12.6. The lowest BCUT2D eigenvalue weighted by molar-refractivity contribution is -0.121. The van der Waals surface area contributed by atoms with E-state index in [9.17, 15) is 4.79 Å². The largest absolute Gasteiger partial charge is 0.319 e. The molecule has 2 rings (SSSR count). The maximum Gasteiger partial charge on any atom is 0.244 e. The molecule has 1 aliphatic rings. The Labute approximate surface area is 109 Å². The minimum absolute atomic E-state index is 0.102. The van der Waals surface area contributed by atoms with Crippen LogP contribution in [0.25, 0.3) is 0 Å². The summed E-state index contributed by atoms with van der Waals surface area (Å²) >= 11 is 11.7. The number of hydrogen-bond acceptors (Lipinski definition) is 4. The summed E-state index contributed by atoms with van der Waals surface area (Å²) in [7, 11) is 0. The topological polar surface area (TPSA) is 80.9 Å². The lowest BCUT2D eigenvalue weighted by Crippen LogP contribution is -2.50. The van der Waals surface area contributed by atoms with E-state index in [4.69, 9.17) is 28.9 Å². The zero-order valence-electron chi connectivity index (χ0n) is 9.20. The number of amides is 1. The van der Waals surface area contributed by atoms with E-state index in [2.05, 4.69) is 15.3 Å². The fourth-order valence-corrected chi connectivity index (χ4v) is 1.97. The van der Waals surface area contributed by atoms with Crippen molar-refractivity contribution in [3.05, 3.63) is 16.6 Å². The highest BCUT2D eigenvalue weighted by atomic mass is 35.5. The van der Waals surface area contributed by atoms with Crippen molar-refractivity contribution >= 4 is 34.8 Å². The number of rotatable bonds is 3. The van der Waals surface area contributed by atoms with E-state index in [-0.39, 0.29) is 27.8 Å². The minimum Gasteiger partial charge on any atom is -0.319 e. The van der Waals surface area contributed by atoms with Gasteiger partial charge < -0.3 is 11.1 Å². The Balaban J connectivity index is 2.18. The molecule has 7 heteroatoms. The van der Waals surface area contributed by atoms with Crippen molar-refractivity contribution in [2.45, 2.75) is 25.3 Å². The van der Waals surface area contributed by atoms with Gasteiger partial charge in [0.25, 0.3) is 0 Å². The molecule has 0 saturated heterocycles. The highest BCUT2D eigenvalue weighted by Crippen LogP contribution is 2.39. The molecule has 1 aromatic heterocycles. The summed E-state index contributed by atoms with van der Waals surface area (Å²) in [6, 6.07) is 0. The van der Waals surface area contributed by atoms with Gasteiger partial charge >= 0.3 is 0 Å². The van der Waals surface area contributed by atoms with E-state index in [0.29, 0.717) is 0 Å². The average molecular weight is 275 g/mol. The molecule has 1 atom stereocenters. The molecule has 92 valence electrons. The standard InChI is InChI=1S/C10H12Cl2N4O/c1-10(13,5-2-3-5)9(17)16-6-7(11)14-4-15-8(6)12/h4-5H,2-3,13H2,1H3,(H,16,17). The maximum atomic E-state index is 12.0. The van der Waals surface area contributed by atoms with Crippen molar-refractivity contribution in [3.63, 3.8) is 0 Å². The third kappa shape index (κ3) is 2.51. The predicted octanol–water partition coefficient (Wildman–Crippen LogP) is 1.85. The molecule has 1 aliphatic carbocycles. The van der Waals surface area contributed by atoms with Crippen LogP contribution in [0.15, 0.2) is 6.33 Å². The first-order valence-electron chi connectivity index (χ1n) is 5.19. The molecule has 0 radical (unpaired) electrons. The molecule has 1 fully saturated rings. The van der Waals surface area contributed by atoms with Gasteiger partial charge in [-0.1, -0.05) is 23.2 Å². The molecular weight excluding hydrogens is 263 g/mol. The Morgan fingerprint density at radius 3 is 2.47 bits per heavy atom. The van der Waals surface area contributed by atoms with Crippen molar-refractivity contribution in [3.8, 4) is 0 Å². The van der Waals surface area contributed by atoms with Crippen LogP contribution in [0.3, 0.4) is 0 Å². The molecule has 5 nitrogen and oxygen atoms in total. The van der Waals surface area contributed by atoms with Crippen molar-refractivity contribution in [2.24, 2.45) is 11.7 Å². The van der Waals surface area contributed by atoms with Gasteiger partial charge in [0.1, 0.15) is 12.0 Å². The van der Waals surface area contributed by atoms with E-state index in [1.54, 1.807) is 6.92 Å². The normalized spacial score (nSPS) is 18.6. The summed E-state index contributed by atoms with van der Waals surface area (Å²) < 4.78 is 0. The van der Waals surface area contributed by atoms with Gasteiger partial charge in [-0.25, -0.2) is 9.97 Å². The Kier molecular flexibility index (Phi) is 3.25. The number of aromatic nitrogens is 2. The predicted molar refractivity (Wildman–Crippen MR) is 66.0 cm³/mol. The lowest BCUT2D eigenvalue weighted by Gasteiger charge is -2.23. The van der Waals surface area contributed by atoms with Gasteiger partial charge in [-0.2, -0.15) is 0 Å². The van der Waals surface area contributed by atoms with Gasteiger partial charge in [0, 0.05) is 0 Å². The quantitative estimate of drug-likeness (QED) is 0.825. The van der Waals surface area contributed by atoms with Gasteiger partial charge in [0.05, 0.1) is 5.54 Å². The molecule has 0 aromatic carbocycles. The molecule has 1 amide bonds. The fraction of sp³-hybridized carbons (Fsp3) is 0.500. The molecule has 0 bridgehead atoms. The molecule has 0 spiro atoms. The monoisotopic (exact) mass is 274 g/mol. The Hall–Kier alpha value is -0.910. The fourth-order valence-electron chi connectivity index (χ4n) is 1.56. The van der Waals surface area contributed by atoms with Crippen LogP contribution in [0.2, 0.25) is 10.3 Å². The number of nitrogens with zero attached hydrogens (tertiary/aromatic N) is 2. The van der Waals surface area contributed by atoms with Crippen LogP contribution in [-0.2, 0) is 4.79 Å². The van der Waals surface area contributed by atoms with Crippen LogP contribution in [-0.4, -0.2) is 21.4 Å². The van der Waals surface area contributed by atoms with Crippen molar-refractivity contribution in [1.29, 1.82) is 0 Å². The second kappa shape index (κ2) is 4.40. The second-order valence-corrected chi connectivity index (χ2v) is 5.06. The number of anilines is 1. The molecule has 17 heavy (non-hydrogen) atoms. The first-order chi connectivity index (χ1) is 7.93. The van der Waals surface area contributed by atoms with E-state index in [1.165, 1.54) is 6.33 Å². The summed E-state index contributed by atoms with van der Waals surface area (Å²) in [4.78, 5) is 19.5. The Bertz CT molecular complexity index is 439. The second-order valence-electron chi connectivity index (χ2n) is 4.34. The molecular formula is C10H12Cl2N4O. The lowest BCUT2D eigenvalue weighted by atomic mass is 9.96. The van der Waals surface area contributed by atoms with Gasteiger partial charge in [-0.3, -0.25) is 4.79 Å². The number of hydrogen-bond donors (Lipinski definition) is 2. The SMILES string of the molecule is CC(N)(C(=O)Nc1c(Cl)ncnc1Cl)C1CC1. The highest BCUT2D eigenvalue weighted by Gasteiger charge is 2.44. The molecule has 1 unspecified atom stereocenters.